The van der Waals surface area contributed by atoms with Crippen molar-refractivity contribution in [3.05, 3.63) is 29.3 Å². The van der Waals surface area contributed by atoms with Gasteiger partial charge in [-0.3, -0.25) is 0 Å². The van der Waals surface area contributed by atoms with Crippen molar-refractivity contribution in [2.45, 2.75) is 32.5 Å². The number of ether oxygens (including phenoxy) is 1. The van der Waals surface area contributed by atoms with Crippen LogP contribution in [0.15, 0.2) is 24.3 Å². The SMILES string of the molecule is C[C@@H]1CN(S(=O)(=O)NCCc2nc3ccccc3s2)C[C@@H](C)O1. The Labute approximate surface area is 140 Å². The van der Waals surface area contributed by atoms with Crippen LogP contribution in [0.4, 0.5) is 0 Å². The number of hydrogen-bond donors (Lipinski definition) is 1. The highest BCUT2D eigenvalue weighted by atomic mass is 32.2. The van der Waals surface area contributed by atoms with Crippen LogP contribution >= 0.6 is 11.3 Å². The molecule has 0 bridgehead atoms. The van der Waals surface area contributed by atoms with Gasteiger partial charge < -0.3 is 4.74 Å². The lowest BCUT2D eigenvalue weighted by atomic mass is 10.3. The van der Waals surface area contributed by atoms with Crippen molar-refractivity contribution < 1.29 is 13.2 Å². The molecule has 0 unspecified atom stereocenters. The minimum atomic E-state index is -3.47. The molecule has 1 N–H and O–H groups in total. The average Bonchev–Trinajstić information content (AvgIpc) is 2.88. The van der Waals surface area contributed by atoms with Gasteiger partial charge in [-0.1, -0.05) is 12.1 Å². The summed E-state index contributed by atoms with van der Waals surface area (Å²) in [6.07, 6.45) is 0.424. The predicted molar refractivity (Wildman–Crippen MR) is 91.8 cm³/mol. The first-order valence-electron chi connectivity index (χ1n) is 7.69. The van der Waals surface area contributed by atoms with Crippen LogP contribution in [0.3, 0.4) is 0 Å². The Bertz CT molecular complexity index is 732. The standard InChI is InChI=1S/C15H21N3O3S2/c1-11-9-18(10-12(2)21-11)23(19,20)16-8-7-15-17-13-5-3-4-6-14(13)22-15/h3-6,11-12,16H,7-10H2,1-2H3/t11-,12-/m1/s1. The summed E-state index contributed by atoms with van der Waals surface area (Å²) in [6.45, 7) is 4.91. The van der Waals surface area contributed by atoms with Crippen LogP contribution in [0.2, 0.25) is 0 Å². The van der Waals surface area contributed by atoms with Gasteiger partial charge in [-0.25, -0.2) is 9.71 Å². The van der Waals surface area contributed by atoms with Crippen LogP contribution < -0.4 is 4.72 Å². The van der Waals surface area contributed by atoms with Crippen LogP contribution in [0.1, 0.15) is 18.9 Å². The molecule has 1 aliphatic heterocycles. The Morgan fingerprint density at radius 3 is 2.70 bits per heavy atom. The third-order valence-corrected chi connectivity index (χ3v) is 6.33. The first-order chi connectivity index (χ1) is 10.9. The highest BCUT2D eigenvalue weighted by Gasteiger charge is 2.30. The third kappa shape index (κ3) is 4.07. The van der Waals surface area contributed by atoms with E-state index in [-0.39, 0.29) is 12.2 Å². The van der Waals surface area contributed by atoms with Crippen LogP contribution in [0.5, 0.6) is 0 Å². The van der Waals surface area contributed by atoms with E-state index < -0.39 is 10.2 Å². The van der Waals surface area contributed by atoms with Crippen LogP contribution in [-0.2, 0) is 21.4 Å². The van der Waals surface area contributed by atoms with Gasteiger partial charge in [-0.15, -0.1) is 11.3 Å². The molecular formula is C15H21N3O3S2. The molecule has 1 aromatic heterocycles. The van der Waals surface area contributed by atoms with Gasteiger partial charge >= 0.3 is 0 Å². The Hall–Kier alpha value is -1.06. The molecule has 126 valence electrons. The average molecular weight is 355 g/mol. The molecule has 1 aliphatic rings. The maximum atomic E-state index is 12.4. The van der Waals surface area contributed by atoms with Crippen molar-refractivity contribution in [2.75, 3.05) is 19.6 Å². The van der Waals surface area contributed by atoms with Gasteiger partial charge in [0.15, 0.2) is 0 Å². The van der Waals surface area contributed by atoms with Gasteiger partial charge in [0.2, 0.25) is 0 Å². The number of nitrogens with zero attached hydrogens (tertiary/aromatic N) is 2. The number of para-hydroxylation sites is 1. The quantitative estimate of drug-likeness (QED) is 0.887. The monoisotopic (exact) mass is 355 g/mol. The molecule has 0 saturated carbocycles. The van der Waals surface area contributed by atoms with Crippen LogP contribution in [0, 0.1) is 0 Å². The van der Waals surface area contributed by atoms with E-state index in [2.05, 4.69) is 9.71 Å². The van der Waals surface area contributed by atoms with E-state index in [4.69, 9.17) is 4.74 Å². The zero-order chi connectivity index (χ0) is 16.4. The Balaban J connectivity index is 1.58. The van der Waals surface area contributed by atoms with E-state index in [9.17, 15) is 8.42 Å². The van der Waals surface area contributed by atoms with E-state index >= 15 is 0 Å². The molecule has 1 fully saturated rings. The van der Waals surface area contributed by atoms with Crippen molar-refractivity contribution in [1.82, 2.24) is 14.0 Å². The molecule has 0 radical (unpaired) electrons. The lowest BCUT2D eigenvalue weighted by Crippen LogP contribution is -2.52. The first kappa shape index (κ1) is 16.8. The van der Waals surface area contributed by atoms with Crippen LogP contribution in [-0.4, -0.2) is 49.5 Å². The molecule has 23 heavy (non-hydrogen) atoms. The van der Waals surface area contributed by atoms with Crippen molar-refractivity contribution in [3.63, 3.8) is 0 Å². The Kier molecular flexibility index (Phi) is 4.98. The summed E-state index contributed by atoms with van der Waals surface area (Å²) in [5.74, 6) is 0. The number of hydrogen-bond acceptors (Lipinski definition) is 5. The number of fused-ring (bicyclic) bond motifs is 1. The highest BCUT2D eigenvalue weighted by molar-refractivity contribution is 7.87. The van der Waals surface area contributed by atoms with Gasteiger partial charge in [0.1, 0.15) is 0 Å². The highest BCUT2D eigenvalue weighted by Crippen LogP contribution is 2.21. The van der Waals surface area contributed by atoms with Crippen molar-refractivity contribution >= 4 is 31.8 Å². The lowest BCUT2D eigenvalue weighted by molar-refractivity contribution is -0.0443. The Morgan fingerprint density at radius 2 is 2.00 bits per heavy atom. The number of aromatic nitrogens is 1. The molecule has 1 aromatic carbocycles. The number of nitrogens with one attached hydrogen (secondary N) is 1. The second kappa shape index (κ2) is 6.82. The fourth-order valence-corrected chi connectivity index (χ4v) is 5.05. The summed E-state index contributed by atoms with van der Waals surface area (Å²) in [5, 5.41) is 0.942. The van der Waals surface area contributed by atoms with Crippen molar-refractivity contribution in [1.29, 1.82) is 0 Å². The number of rotatable bonds is 5. The molecule has 0 amide bonds. The van der Waals surface area contributed by atoms with Crippen molar-refractivity contribution in [2.24, 2.45) is 0 Å². The second-order valence-corrected chi connectivity index (χ2v) is 8.67. The largest absolute Gasteiger partial charge is 0.373 e. The van der Waals surface area contributed by atoms with Gasteiger partial charge in [0.25, 0.3) is 10.2 Å². The summed E-state index contributed by atoms with van der Waals surface area (Å²) in [6, 6.07) is 7.93. The minimum absolute atomic E-state index is 0.0837. The van der Waals surface area contributed by atoms with E-state index in [1.807, 2.05) is 38.1 Å². The summed E-state index contributed by atoms with van der Waals surface area (Å²) < 4.78 is 35.6. The topological polar surface area (TPSA) is 71.5 Å². The molecule has 1 saturated heterocycles. The third-order valence-electron chi connectivity index (χ3n) is 3.69. The van der Waals surface area contributed by atoms with Gasteiger partial charge in [-0.2, -0.15) is 12.7 Å². The fourth-order valence-electron chi connectivity index (χ4n) is 2.73. The summed E-state index contributed by atoms with van der Waals surface area (Å²) in [5.41, 5.74) is 0.964. The summed E-state index contributed by atoms with van der Waals surface area (Å²) in [7, 11) is -3.47. The summed E-state index contributed by atoms with van der Waals surface area (Å²) in [4.78, 5) is 4.52. The number of morpholine rings is 1. The number of benzene rings is 1. The normalized spacial score (nSPS) is 23.4. The van der Waals surface area contributed by atoms with Gasteiger partial charge in [-0.05, 0) is 26.0 Å². The van der Waals surface area contributed by atoms with Crippen molar-refractivity contribution in [3.8, 4) is 0 Å². The molecule has 2 atom stereocenters. The molecule has 2 heterocycles. The lowest BCUT2D eigenvalue weighted by Gasteiger charge is -2.34. The second-order valence-electron chi connectivity index (χ2n) is 5.80. The molecule has 8 heteroatoms. The maximum absolute atomic E-state index is 12.4. The van der Waals surface area contributed by atoms with Gasteiger partial charge in [0, 0.05) is 26.1 Å². The maximum Gasteiger partial charge on any atom is 0.279 e. The first-order valence-corrected chi connectivity index (χ1v) is 9.94. The van der Waals surface area contributed by atoms with Crippen LogP contribution in [0.25, 0.3) is 10.2 Å². The molecular weight excluding hydrogens is 334 g/mol. The van der Waals surface area contributed by atoms with E-state index in [1.165, 1.54) is 4.31 Å². The summed E-state index contributed by atoms with van der Waals surface area (Å²) >= 11 is 1.60. The molecule has 6 nitrogen and oxygen atoms in total. The number of thiazole rings is 1. The van der Waals surface area contributed by atoms with E-state index in [1.54, 1.807) is 11.3 Å². The predicted octanol–water partition coefficient (Wildman–Crippen LogP) is 1.78. The molecule has 3 rings (SSSR count). The molecule has 0 spiro atoms. The zero-order valence-electron chi connectivity index (χ0n) is 13.2. The molecule has 2 aromatic rings. The van der Waals surface area contributed by atoms with E-state index in [0.717, 1.165) is 15.2 Å². The zero-order valence-corrected chi connectivity index (χ0v) is 14.9. The minimum Gasteiger partial charge on any atom is -0.373 e. The smallest absolute Gasteiger partial charge is 0.279 e. The van der Waals surface area contributed by atoms with E-state index in [0.29, 0.717) is 26.1 Å². The Morgan fingerprint density at radius 1 is 1.30 bits per heavy atom. The molecule has 0 aliphatic carbocycles. The fraction of sp³-hybridized carbons (Fsp3) is 0.533. The van der Waals surface area contributed by atoms with Gasteiger partial charge in [0.05, 0.1) is 27.4 Å².